The molecule has 0 saturated carbocycles. The van der Waals surface area contributed by atoms with E-state index in [-0.39, 0.29) is 0 Å². The molecule has 0 radical (unpaired) electrons. The Morgan fingerprint density at radius 2 is 1.76 bits per heavy atom. The Labute approximate surface area is 130 Å². The third-order valence-electron chi connectivity index (χ3n) is 2.95. The lowest BCUT2D eigenvalue weighted by Gasteiger charge is -2.10. The lowest BCUT2D eigenvalue weighted by molar-refractivity contribution is 0.587. The Morgan fingerprint density at radius 1 is 1.10 bits per heavy atom. The maximum Gasteiger partial charge on any atom is 0.194 e. The molecular formula is C16H22N4S. The van der Waals surface area contributed by atoms with Crippen LogP contribution in [0.25, 0.3) is 0 Å². The average molecular weight is 302 g/mol. The topological polar surface area (TPSA) is 50.7 Å². The maximum atomic E-state index is 4.55. The van der Waals surface area contributed by atoms with Gasteiger partial charge in [0.15, 0.2) is 5.16 Å². The molecule has 0 bridgehead atoms. The van der Waals surface area contributed by atoms with E-state index in [4.69, 9.17) is 0 Å². The van der Waals surface area contributed by atoms with E-state index in [1.807, 2.05) is 26.1 Å². The number of hydrogen-bond donors (Lipinski definition) is 1. The van der Waals surface area contributed by atoms with E-state index in [1.165, 1.54) is 17.3 Å². The van der Waals surface area contributed by atoms with E-state index in [9.17, 15) is 0 Å². The van der Waals surface area contributed by atoms with Gasteiger partial charge in [-0.1, -0.05) is 19.9 Å². The van der Waals surface area contributed by atoms with Gasteiger partial charge in [-0.3, -0.25) is 0 Å². The van der Waals surface area contributed by atoms with Crippen LogP contribution in [0.5, 0.6) is 0 Å². The van der Waals surface area contributed by atoms with Crippen molar-refractivity contribution in [3.63, 3.8) is 0 Å². The van der Waals surface area contributed by atoms with Gasteiger partial charge in [0.05, 0.1) is 0 Å². The van der Waals surface area contributed by atoms with Gasteiger partial charge in [0.1, 0.15) is 5.03 Å². The lowest BCUT2D eigenvalue weighted by Crippen LogP contribution is -2.21. The summed E-state index contributed by atoms with van der Waals surface area (Å²) in [6.45, 7) is 11.2. The van der Waals surface area contributed by atoms with Crippen LogP contribution in [-0.2, 0) is 6.54 Å². The Morgan fingerprint density at radius 3 is 2.33 bits per heavy atom. The van der Waals surface area contributed by atoms with E-state index in [0.29, 0.717) is 6.04 Å². The molecule has 0 aliphatic heterocycles. The monoisotopic (exact) mass is 302 g/mol. The highest BCUT2D eigenvalue weighted by Gasteiger charge is 2.08. The summed E-state index contributed by atoms with van der Waals surface area (Å²) in [4.78, 5) is 13.5. The van der Waals surface area contributed by atoms with Crippen LogP contribution in [0.1, 0.15) is 36.4 Å². The van der Waals surface area contributed by atoms with Crippen LogP contribution in [0.2, 0.25) is 0 Å². The van der Waals surface area contributed by atoms with Gasteiger partial charge in [-0.25, -0.2) is 15.0 Å². The van der Waals surface area contributed by atoms with Gasteiger partial charge in [-0.2, -0.15) is 0 Å². The second-order valence-corrected chi connectivity index (χ2v) is 6.49. The molecule has 1 N–H and O–H groups in total. The first-order chi connectivity index (χ1) is 9.94. The van der Waals surface area contributed by atoms with Crippen molar-refractivity contribution in [2.45, 2.75) is 57.4 Å². The highest BCUT2D eigenvalue weighted by molar-refractivity contribution is 7.99. The summed E-state index contributed by atoms with van der Waals surface area (Å²) < 4.78 is 0. The second kappa shape index (κ2) is 7.00. The fraction of sp³-hybridized carbons (Fsp3) is 0.438. The predicted molar refractivity (Wildman–Crippen MR) is 86.6 cm³/mol. The summed E-state index contributed by atoms with van der Waals surface area (Å²) in [7, 11) is 0. The molecule has 0 spiro atoms. The summed E-state index contributed by atoms with van der Waals surface area (Å²) in [5.41, 5.74) is 4.33. The van der Waals surface area contributed by atoms with Crippen LogP contribution >= 0.6 is 11.8 Å². The minimum Gasteiger partial charge on any atom is -0.310 e. The first-order valence-electron chi connectivity index (χ1n) is 7.13. The summed E-state index contributed by atoms with van der Waals surface area (Å²) >= 11 is 1.52. The zero-order chi connectivity index (χ0) is 15.4. The minimum atomic E-state index is 0.475. The number of nitrogens with zero attached hydrogens (tertiary/aromatic N) is 3. The number of aromatic nitrogens is 3. The highest BCUT2D eigenvalue weighted by atomic mass is 32.2. The third kappa shape index (κ3) is 4.79. The van der Waals surface area contributed by atoms with Crippen molar-refractivity contribution in [3.05, 3.63) is 40.8 Å². The largest absolute Gasteiger partial charge is 0.310 e. The molecule has 5 heteroatoms. The molecule has 2 aromatic heterocycles. The van der Waals surface area contributed by atoms with Crippen LogP contribution in [-0.4, -0.2) is 21.0 Å². The summed E-state index contributed by atoms with van der Waals surface area (Å²) in [6.07, 6.45) is 1.92. The minimum absolute atomic E-state index is 0.475. The molecule has 0 atom stereocenters. The quantitative estimate of drug-likeness (QED) is 0.857. The van der Waals surface area contributed by atoms with E-state index in [1.54, 1.807) is 0 Å². The number of nitrogens with one attached hydrogen (secondary N) is 1. The molecule has 0 unspecified atom stereocenters. The Bertz CT molecular complexity index is 605. The highest BCUT2D eigenvalue weighted by Crippen LogP contribution is 2.26. The van der Waals surface area contributed by atoms with Crippen molar-refractivity contribution in [2.24, 2.45) is 0 Å². The van der Waals surface area contributed by atoms with Crippen molar-refractivity contribution in [1.82, 2.24) is 20.3 Å². The lowest BCUT2D eigenvalue weighted by atomic mass is 10.2. The van der Waals surface area contributed by atoms with Crippen molar-refractivity contribution in [1.29, 1.82) is 0 Å². The summed E-state index contributed by atoms with van der Waals surface area (Å²) in [5.74, 6) is 0. The third-order valence-corrected chi connectivity index (χ3v) is 3.94. The number of rotatable bonds is 5. The van der Waals surface area contributed by atoms with Gasteiger partial charge >= 0.3 is 0 Å². The molecule has 0 fully saturated rings. The Kier molecular flexibility index (Phi) is 5.31. The number of hydrogen-bond acceptors (Lipinski definition) is 5. The van der Waals surface area contributed by atoms with Crippen molar-refractivity contribution < 1.29 is 0 Å². The number of aryl methyl sites for hydroxylation is 3. The molecule has 0 aromatic carbocycles. The van der Waals surface area contributed by atoms with Crippen LogP contribution in [0.4, 0.5) is 0 Å². The smallest absolute Gasteiger partial charge is 0.194 e. The fourth-order valence-corrected chi connectivity index (χ4v) is 2.85. The molecule has 0 aliphatic rings. The summed E-state index contributed by atoms with van der Waals surface area (Å²) in [6, 6.07) is 4.63. The van der Waals surface area contributed by atoms with Crippen LogP contribution in [0, 0.1) is 20.8 Å². The van der Waals surface area contributed by atoms with Crippen LogP contribution in [0.15, 0.2) is 28.5 Å². The number of pyridine rings is 1. The van der Waals surface area contributed by atoms with Gasteiger partial charge in [-0.15, -0.1) is 0 Å². The first kappa shape index (κ1) is 15.9. The van der Waals surface area contributed by atoms with Gasteiger partial charge in [-0.05, 0) is 49.7 Å². The molecule has 21 heavy (non-hydrogen) atoms. The normalized spacial score (nSPS) is 11.1. The van der Waals surface area contributed by atoms with Crippen LogP contribution < -0.4 is 5.32 Å². The van der Waals surface area contributed by atoms with E-state index in [2.05, 4.69) is 47.1 Å². The zero-order valence-electron chi connectivity index (χ0n) is 13.3. The van der Waals surface area contributed by atoms with Gasteiger partial charge in [0.25, 0.3) is 0 Å². The Hall–Kier alpha value is -1.46. The maximum absolute atomic E-state index is 4.55. The standard InChI is InChI=1S/C16H22N4S/c1-10(2)17-8-14-6-11(3)15(18-9-14)21-16-19-12(4)7-13(5)20-16/h6-7,9-10,17H,8H2,1-5H3. The van der Waals surface area contributed by atoms with Crippen molar-refractivity contribution in [2.75, 3.05) is 0 Å². The van der Waals surface area contributed by atoms with Crippen molar-refractivity contribution >= 4 is 11.8 Å². The van der Waals surface area contributed by atoms with E-state index in [0.717, 1.165) is 33.7 Å². The van der Waals surface area contributed by atoms with Gasteiger partial charge in [0, 0.05) is 30.2 Å². The molecule has 0 amide bonds. The molecule has 0 saturated heterocycles. The van der Waals surface area contributed by atoms with Gasteiger partial charge < -0.3 is 5.32 Å². The predicted octanol–water partition coefficient (Wildman–Crippen LogP) is 3.45. The molecular weight excluding hydrogens is 280 g/mol. The molecule has 2 rings (SSSR count). The molecule has 2 aromatic rings. The van der Waals surface area contributed by atoms with E-state index < -0.39 is 0 Å². The Balaban J connectivity index is 2.13. The SMILES string of the molecule is Cc1cc(C)nc(Sc2ncc(CNC(C)C)cc2C)n1. The van der Waals surface area contributed by atoms with Gasteiger partial charge in [0.2, 0.25) is 0 Å². The van der Waals surface area contributed by atoms with Crippen molar-refractivity contribution in [3.8, 4) is 0 Å². The molecule has 4 nitrogen and oxygen atoms in total. The first-order valence-corrected chi connectivity index (χ1v) is 7.94. The molecule has 2 heterocycles. The average Bonchev–Trinajstić information content (AvgIpc) is 2.38. The summed E-state index contributed by atoms with van der Waals surface area (Å²) in [5, 5.41) is 5.13. The van der Waals surface area contributed by atoms with E-state index >= 15 is 0 Å². The zero-order valence-corrected chi connectivity index (χ0v) is 14.1. The molecule has 0 aliphatic carbocycles. The second-order valence-electron chi connectivity index (χ2n) is 5.54. The fourth-order valence-electron chi connectivity index (χ4n) is 1.97. The molecule has 112 valence electrons. The van der Waals surface area contributed by atoms with Crippen LogP contribution in [0.3, 0.4) is 0 Å².